The number of amides is 1. The summed E-state index contributed by atoms with van der Waals surface area (Å²) < 4.78 is 5.47. The minimum Gasteiger partial charge on any atom is -0.463 e. The molecule has 2 aromatic heterocycles. The standard InChI is InChI=1S/C18H18N2O3S/c1-12(2)9-20(10-16-19-7-8-24-16)18(22)14-11-23-15-6-4-3-5-13(15)17(14)21/h3-8,11-12H,9-10H2,1-2H3. The van der Waals surface area contributed by atoms with Crippen LogP contribution in [0.2, 0.25) is 0 Å². The molecule has 2 heterocycles. The van der Waals surface area contributed by atoms with Gasteiger partial charge in [0.1, 0.15) is 22.4 Å². The fraction of sp³-hybridized carbons (Fsp3) is 0.278. The average molecular weight is 342 g/mol. The molecule has 0 unspecified atom stereocenters. The van der Waals surface area contributed by atoms with Gasteiger partial charge < -0.3 is 9.32 Å². The summed E-state index contributed by atoms with van der Waals surface area (Å²) in [7, 11) is 0. The lowest BCUT2D eigenvalue weighted by Gasteiger charge is -2.23. The zero-order chi connectivity index (χ0) is 17.1. The van der Waals surface area contributed by atoms with Crippen LogP contribution in [0, 0.1) is 5.92 Å². The van der Waals surface area contributed by atoms with E-state index in [-0.39, 0.29) is 22.8 Å². The first-order valence-corrected chi connectivity index (χ1v) is 8.62. The van der Waals surface area contributed by atoms with Crippen LogP contribution in [0.25, 0.3) is 11.0 Å². The zero-order valence-corrected chi connectivity index (χ0v) is 14.4. The number of fused-ring (bicyclic) bond motifs is 1. The second-order valence-corrected chi connectivity index (χ2v) is 6.96. The number of hydrogen-bond acceptors (Lipinski definition) is 5. The third kappa shape index (κ3) is 3.38. The molecule has 0 fully saturated rings. The minimum absolute atomic E-state index is 0.0610. The number of thiazole rings is 1. The predicted molar refractivity (Wildman–Crippen MR) is 94.2 cm³/mol. The summed E-state index contributed by atoms with van der Waals surface area (Å²) in [6.45, 7) is 5.00. The Morgan fingerprint density at radius 1 is 1.33 bits per heavy atom. The maximum absolute atomic E-state index is 12.9. The van der Waals surface area contributed by atoms with E-state index >= 15 is 0 Å². The molecular formula is C18H18N2O3S. The highest BCUT2D eigenvalue weighted by molar-refractivity contribution is 7.09. The SMILES string of the molecule is CC(C)CN(Cc1nccs1)C(=O)c1coc2ccccc2c1=O. The van der Waals surface area contributed by atoms with Gasteiger partial charge in [0.2, 0.25) is 5.43 Å². The predicted octanol–water partition coefficient (Wildman–Crippen LogP) is 3.55. The average Bonchev–Trinajstić information content (AvgIpc) is 3.07. The Morgan fingerprint density at radius 2 is 2.12 bits per heavy atom. The van der Waals surface area contributed by atoms with E-state index in [4.69, 9.17) is 4.42 Å². The lowest BCUT2D eigenvalue weighted by atomic mass is 10.1. The Bertz CT molecular complexity index is 900. The van der Waals surface area contributed by atoms with Gasteiger partial charge in [-0.3, -0.25) is 9.59 Å². The van der Waals surface area contributed by atoms with Crippen LogP contribution < -0.4 is 5.43 Å². The molecule has 0 atom stereocenters. The van der Waals surface area contributed by atoms with Crippen LogP contribution in [0.1, 0.15) is 29.2 Å². The third-order valence-electron chi connectivity index (χ3n) is 3.59. The second-order valence-electron chi connectivity index (χ2n) is 5.98. The van der Waals surface area contributed by atoms with Crippen molar-refractivity contribution in [2.75, 3.05) is 6.54 Å². The van der Waals surface area contributed by atoms with Crippen molar-refractivity contribution in [2.45, 2.75) is 20.4 Å². The number of para-hydroxylation sites is 1. The highest BCUT2D eigenvalue weighted by atomic mass is 32.1. The van der Waals surface area contributed by atoms with Gasteiger partial charge in [-0.25, -0.2) is 4.98 Å². The zero-order valence-electron chi connectivity index (χ0n) is 13.6. The lowest BCUT2D eigenvalue weighted by molar-refractivity contribution is 0.0719. The van der Waals surface area contributed by atoms with Gasteiger partial charge >= 0.3 is 0 Å². The number of rotatable bonds is 5. The lowest BCUT2D eigenvalue weighted by Crippen LogP contribution is -2.36. The van der Waals surface area contributed by atoms with Crippen LogP contribution in [0.3, 0.4) is 0 Å². The molecule has 24 heavy (non-hydrogen) atoms. The number of hydrogen-bond donors (Lipinski definition) is 0. The Kier molecular flexibility index (Phi) is 4.76. The summed E-state index contributed by atoms with van der Waals surface area (Å²) in [6.07, 6.45) is 2.98. The van der Waals surface area contributed by atoms with E-state index in [2.05, 4.69) is 4.98 Å². The normalized spacial score (nSPS) is 11.1. The third-order valence-corrected chi connectivity index (χ3v) is 4.36. The van der Waals surface area contributed by atoms with Crippen molar-refractivity contribution >= 4 is 28.2 Å². The van der Waals surface area contributed by atoms with Crippen LogP contribution >= 0.6 is 11.3 Å². The molecule has 124 valence electrons. The van der Waals surface area contributed by atoms with E-state index in [9.17, 15) is 9.59 Å². The van der Waals surface area contributed by atoms with E-state index in [1.165, 1.54) is 17.6 Å². The molecule has 3 aromatic rings. The summed E-state index contributed by atoms with van der Waals surface area (Å²) in [5, 5.41) is 3.13. The molecule has 0 N–H and O–H groups in total. The van der Waals surface area contributed by atoms with Crippen LogP contribution in [0.5, 0.6) is 0 Å². The Labute approximate surface area is 143 Å². The van der Waals surface area contributed by atoms with Crippen molar-refractivity contribution in [1.29, 1.82) is 0 Å². The molecule has 1 amide bonds. The van der Waals surface area contributed by atoms with E-state index < -0.39 is 0 Å². The van der Waals surface area contributed by atoms with E-state index in [1.807, 2.05) is 19.2 Å². The molecule has 0 bridgehead atoms. The molecule has 5 nitrogen and oxygen atoms in total. The van der Waals surface area contributed by atoms with Crippen molar-refractivity contribution in [2.24, 2.45) is 5.92 Å². The molecule has 1 aromatic carbocycles. The molecular weight excluding hydrogens is 324 g/mol. The molecule has 0 aliphatic heterocycles. The van der Waals surface area contributed by atoms with Gasteiger partial charge in [-0.05, 0) is 18.1 Å². The smallest absolute Gasteiger partial charge is 0.261 e. The molecule has 0 radical (unpaired) electrons. The van der Waals surface area contributed by atoms with Gasteiger partial charge in [0.25, 0.3) is 5.91 Å². The summed E-state index contributed by atoms with van der Waals surface area (Å²) >= 11 is 1.49. The topological polar surface area (TPSA) is 63.4 Å². The monoisotopic (exact) mass is 342 g/mol. The minimum atomic E-state index is -0.321. The first-order valence-electron chi connectivity index (χ1n) is 7.74. The molecule has 0 spiro atoms. The first-order chi connectivity index (χ1) is 11.6. The quantitative estimate of drug-likeness (QED) is 0.711. The number of nitrogens with zero attached hydrogens (tertiary/aromatic N) is 2. The van der Waals surface area contributed by atoms with Crippen molar-refractivity contribution < 1.29 is 9.21 Å². The maximum Gasteiger partial charge on any atom is 0.261 e. The van der Waals surface area contributed by atoms with Gasteiger partial charge in [-0.15, -0.1) is 11.3 Å². The van der Waals surface area contributed by atoms with Crippen molar-refractivity contribution in [3.63, 3.8) is 0 Å². The Balaban J connectivity index is 1.97. The van der Waals surface area contributed by atoms with Crippen LogP contribution in [-0.2, 0) is 6.54 Å². The number of aromatic nitrogens is 1. The molecule has 0 saturated heterocycles. The molecule has 0 aliphatic rings. The van der Waals surface area contributed by atoms with Gasteiger partial charge in [-0.1, -0.05) is 26.0 Å². The first kappa shape index (κ1) is 16.4. The number of benzene rings is 1. The summed E-state index contributed by atoms with van der Waals surface area (Å²) in [5.41, 5.74) is 0.245. The Morgan fingerprint density at radius 3 is 2.83 bits per heavy atom. The molecule has 3 rings (SSSR count). The fourth-order valence-corrected chi connectivity index (χ4v) is 3.18. The summed E-state index contributed by atoms with van der Waals surface area (Å²) in [6, 6.07) is 6.94. The van der Waals surface area contributed by atoms with Gasteiger partial charge in [0.05, 0.1) is 11.9 Å². The maximum atomic E-state index is 12.9. The van der Waals surface area contributed by atoms with Crippen LogP contribution in [-0.4, -0.2) is 22.3 Å². The highest BCUT2D eigenvalue weighted by Crippen LogP contribution is 2.15. The van der Waals surface area contributed by atoms with Crippen molar-refractivity contribution in [3.05, 3.63) is 62.9 Å². The number of carbonyl (C=O) groups excluding carboxylic acids is 1. The van der Waals surface area contributed by atoms with Crippen molar-refractivity contribution in [3.8, 4) is 0 Å². The molecule has 6 heteroatoms. The Hall–Kier alpha value is -2.47. The largest absolute Gasteiger partial charge is 0.463 e. The highest BCUT2D eigenvalue weighted by Gasteiger charge is 2.22. The van der Waals surface area contributed by atoms with Gasteiger partial charge in [-0.2, -0.15) is 0 Å². The second kappa shape index (κ2) is 6.97. The van der Waals surface area contributed by atoms with Gasteiger partial charge in [0.15, 0.2) is 0 Å². The van der Waals surface area contributed by atoms with E-state index in [0.29, 0.717) is 24.1 Å². The summed E-state index contributed by atoms with van der Waals surface area (Å²) in [4.78, 5) is 31.4. The fourth-order valence-electron chi connectivity index (χ4n) is 2.55. The molecule has 0 aliphatic carbocycles. The molecule has 0 saturated carbocycles. The van der Waals surface area contributed by atoms with E-state index in [1.54, 1.807) is 35.4 Å². The van der Waals surface area contributed by atoms with Gasteiger partial charge in [0, 0.05) is 18.1 Å². The number of carbonyl (C=O) groups is 1. The van der Waals surface area contributed by atoms with Crippen molar-refractivity contribution in [1.82, 2.24) is 9.88 Å². The van der Waals surface area contributed by atoms with Crippen LogP contribution in [0.4, 0.5) is 0 Å². The van der Waals surface area contributed by atoms with Crippen LogP contribution in [0.15, 0.2) is 51.3 Å². The summed E-state index contributed by atoms with van der Waals surface area (Å²) in [5.74, 6) is -0.0418. The van der Waals surface area contributed by atoms with E-state index in [0.717, 1.165) is 5.01 Å².